The summed E-state index contributed by atoms with van der Waals surface area (Å²) in [6, 6.07) is 15.0. The third-order valence-corrected chi connectivity index (χ3v) is 3.93. The fourth-order valence-corrected chi connectivity index (χ4v) is 2.67. The molecule has 0 saturated heterocycles. The van der Waals surface area contributed by atoms with E-state index in [1.165, 1.54) is 24.3 Å². The Balaban J connectivity index is 1.62. The Labute approximate surface area is 152 Å². The minimum atomic E-state index is -0.459. The van der Waals surface area contributed by atoms with Gasteiger partial charge in [-0.25, -0.2) is 9.97 Å². The summed E-state index contributed by atoms with van der Waals surface area (Å²) in [6.07, 6.45) is 1.55. The molecule has 0 amide bonds. The third-order valence-electron chi connectivity index (χ3n) is 3.69. The van der Waals surface area contributed by atoms with E-state index in [0.29, 0.717) is 33.5 Å². The van der Waals surface area contributed by atoms with Crippen molar-refractivity contribution in [2.24, 2.45) is 0 Å². The Hall–Kier alpha value is -3.45. The second kappa shape index (κ2) is 6.45. The molecule has 4 rings (SSSR count). The van der Waals surface area contributed by atoms with Gasteiger partial charge in [0.2, 0.25) is 0 Å². The van der Waals surface area contributed by atoms with Gasteiger partial charge in [-0.1, -0.05) is 23.7 Å². The van der Waals surface area contributed by atoms with Gasteiger partial charge in [-0.3, -0.25) is 10.1 Å². The molecule has 1 N–H and O–H groups in total. The summed E-state index contributed by atoms with van der Waals surface area (Å²) < 4.78 is 5.70. The smallest absolute Gasteiger partial charge is 0.269 e. The lowest BCUT2D eigenvalue weighted by atomic mass is 10.2. The molecule has 0 spiro atoms. The number of benzene rings is 2. The summed E-state index contributed by atoms with van der Waals surface area (Å²) in [5.41, 5.74) is 2.12. The van der Waals surface area contributed by atoms with E-state index in [1.54, 1.807) is 18.3 Å². The molecule has 0 fully saturated rings. The molecule has 2 heterocycles. The van der Waals surface area contributed by atoms with E-state index >= 15 is 0 Å². The van der Waals surface area contributed by atoms with E-state index in [1.807, 2.05) is 18.2 Å². The van der Waals surface area contributed by atoms with Gasteiger partial charge < -0.3 is 9.72 Å². The van der Waals surface area contributed by atoms with E-state index in [2.05, 4.69) is 15.0 Å². The first kappa shape index (κ1) is 16.0. The van der Waals surface area contributed by atoms with Crippen molar-refractivity contribution >= 4 is 28.5 Å². The van der Waals surface area contributed by atoms with E-state index in [9.17, 15) is 10.1 Å². The van der Waals surface area contributed by atoms with Gasteiger partial charge in [0, 0.05) is 28.8 Å². The molecule has 0 atom stereocenters. The fourth-order valence-electron chi connectivity index (χ4n) is 2.48. The molecule has 4 aromatic rings. The highest BCUT2D eigenvalue weighted by atomic mass is 35.5. The Morgan fingerprint density at radius 1 is 1.08 bits per heavy atom. The van der Waals surface area contributed by atoms with Gasteiger partial charge in [-0.2, -0.15) is 0 Å². The van der Waals surface area contributed by atoms with Crippen LogP contribution >= 0.6 is 11.6 Å². The van der Waals surface area contributed by atoms with Crippen molar-refractivity contribution in [2.75, 3.05) is 0 Å². The maximum atomic E-state index is 10.7. The first-order valence-corrected chi connectivity index (χ1v) is 8.00. The number of H-pyrrole nitrogens is 1. The Morgan fingerprint density at radius 2 is 1.88 bits per heavy atom. The van der Waals surface area contributed by atoms with Crippen LogP contribution in [0.1, 0.15) is 0 Å². The van der Waals surface area contributed by atoms with Gasteiger partial charge in [0.25, 0.3) is 5.69 Å². The van der Waals surface area contributed by atoms with Crippen LogP contribution in [0.4, 0.5) is 5.69 Å². The van der Waals surface area contributed by atoms with Gasteiger partial charge in [0.05, 0.1) is 16.6 Å². The number of fused-ring (bicyclic) bond motifs is 1. The number of nitro groups is 1. The van der Waals surface area contributed by atoms with Crippen LogP contribution in [0.25, 0.3) is 22.6 Å². The van der Waals surface area contributed by atoms with Crippen molar-refractivity contribution in [3.63, 3.8) is 0 Å². The topological polar surface area (TPSA) is 93.9 Å². The molecule has 0 saturated carbocycles. The molecule has 0 aliphatic heterocycles. The van der Waals surface area contributed by atoms with E-state index in [-0.39, 0.29) is 5.69 Å². The number of non-ortho nitro benzene ring substituents is 1. The third kappa shape index (κ3) is 3.20. The number of pyridine rings is 1. The van der Waals surface area contributed by atoms with Crippen LogP contribution in [-0.2, 0) is 0 Å². The Bertz CT molecular complexity index is 1110. The first-order chi connectivity index (χ1) is 12.6. The van der Waals surface area contributed by atoms with E-state index in [0.717, 1.165) is 5.56 Å². The molecule has 8 heteroatoms. The van der Waals surface area contributed by atoms with Crippen molar-refractivity contribution < 1.29 is 9.66 Å². The van der Waals surface area contributed by atoms with Gasteiger partial charge in [-0.15, -0.1) is 0 Å². The van der Waals surface area contributed by atoms with Gasteiger partial charge in [0.15, 0.2) is 5.65 Å². The average Bonchev–Trinajstić information content (AvgIpc) is 3.05. The van der Waals surface area contributed by atoms with Crippen molar-refractivity contribution in [1.29, 1.82) is 0 Å². The zero-order chi connectivity index (χ0) is 18.1. The molecule has 128 valence electrons. The lowest BCUT2D eigenvalue weighted by molar-refractivity contribution is -0.384. The van der Waals surface area contributed by atoms with Crippen LogP contribution in [-0.4, -0.2) is 19.9 Å². The molecule has 0 unspecified atom stereocenters. The molecule has 7 nitrogen and oxygen atoms in total. The van der Waals surface area contributed by atoms with Crippen LogP contribution < -0.4 is 4.74 Å². The lowest BCUT2D eigenvalue weighted by Gasteiger charge is -2.04. The zero-order valence-electron chi connectivity index (χ0n) is 13.2. The molecule has 0 aliphatic rings. The highest BCUT2D eigenvalue weighted by Crippen LogP contribution is 2.27. The fraction of sp³-hybridized carbons (Fsp3) is 0. The lowest BCUT2D eigenvalue weighted by Crippen LogP contribution is -1.89. The number of imidazole rings is 1. The molecule has 2 aromatic heterocycles. The molecule has 2 aromatic carbocycles. The standard InChI is InChI=1S/C18H11ClN4O3/c19-12-3-1-2-11(8-12)17-21-16-9-15(10-20-18(16)22-17)26-14-6-4-13(5-7-14)23(24)25/h1-10H,(H,20,21,22). The highest BCUT2D eigenvalue weighted by molar-refractivity contribution is 6.30. The second-order valence-electron chi connectivity index (χ2n) is 5.49. The van der Waals surface area contributed by atoms with Crippen LogP contribution in [0.15, 0.2) is 60.8 Å². The van der Waals surface area contributed by atoms with Gasteiger partial charge >= 0.3 is 0 Å². The number of nitrogens with one attached hydrogen (secondary N) is 1. The molecular formula is C18H11ClN4O3. The summed E-state index contributed by atoms with van der Waals surface area (Å²) >= 11 is 6.02. The Morgan fingerprint density at radius 3 is 2.62 bits per heavy atom. The maximum Gasteiger partial charge on any atom is 0.269 e. The zero-order valence-corrected chi connectivity index (χ0v) is 14.0. The second-order valence-corrected chi connectivity index (χ2v) is 5.93. The van der Waals surface area contributed by atoms with Crippen LogP contribution in [0.5, 0.6) is 11.5 Å². The molecule has 0 bridgehead atoms. The first-order valence-electron chi connectivity index (χ1n) is 7.62. The average molecular weight is 367 g/mol. The van der Waals surface area contributed by atoms with Crippen LogP contribution in [0, 0.1) is 10.1 Å². The number of ether oxygens (including phenoxy) is 1. The highest BCUT2D eigenvalue weighted by Gasteiger charge is 2.09. The van der Waals surface area contributed by atoms with Gasteiger partial charge in [0.1, 0.15) is 17.3 Å². The van der Waals surface area contributed by atoms with E-state index in [4.69, 9.17) is 16.3 Å². The van der Waals surface area contributed by atoms with Crippen molar-refractivity contribution in [2.45, 2.75) is 0 Å². The number of rotatable bonds is 4. The SMILES string of the molecule is O=[N+]([O-])c1ccc(Oc2cnc3nc(-c4cccc(Cl)c4)[nH]c3c2)cc1. The molecule has 0 aliphatic carbocycles. The number of nitro benzene ring substituents is 1. The number of aromatic nitrogens is 3. The summed E-state index contributed by atoms with van der Waals surface area (Å²) in [4.78, 5) is 22.2. The predicted molar refractivity (Wildman–Crippen MR) is 97.5 cm³/mol. The van der Waals surface area contributed by atoms with E-state index < -0.39 is 4.92 Å². The number of nitrogens with zero attached hydrogens (tertiary/aromatic N) is 3. The number of hydrogen-bond donors (Lipinski definition) is 1. The van der Waals surface area contributed by atoms with Crippen molar-refractivity contribution in [3.8, 4) is 22.9 Å². The normalized spacial score (nSPS) is 10.8. The van der Waals surface area contributed by atoms with Crippen molar-refractivity contribution in [1.82, 2.24) is 15.0 Å². The van der Waals surface area contributed by atoms with Crippen LogP contribution in [0.3, 0.4) is 0 Å². The predicted octanol–water partition coefficient (Wildman–Crippen LogP) is 4.98. The molecule has 0 radical (unpaired) electrons. The molecule has 26 heavy (non-hydrogen) atoms. The number of aromatic amines is 1. The maximum absolute atomic E-state index is 10.7. The quantitative estimate of drug-likeness (QED) is 0.406. The minimum Gasteiger partial charge on any atom is -0.456 e. The summed E-state index contributed by atoms with van der Waals surface area (Å²) in [6.45, 7) is 0. The Kier molecular flexibility index (Phi) is 3.98. The molecular weight excluding hydrogens is 356 g/mol. The largest absolute Gasteiger partial charge is 0.456 e. The minimum absolute atomic E-state index is 0.00524. The van der Waals surface area contributed by atoms with Crippen LogP contribution in [0.2, 0.25) is 5.02 Å². The summed E-state index contributed by atoms with van der Waals surface area (Å²) in [5.74, 6) is 1.63. The van der Waals surface area contributed by atoms with Crippen molar-refractivity contribution in [3.05, 3.63) is 75.9 Å². The van der Waals surface area contributed by atoms with Gasteiger partial charge in [-0.05, 0) is 24.3 Å². The summed E-state index contributed by atoms with van der Waals surface area (Å²) in [7, 11) is 0. The monoisotopic (exact) mass is 366 g/mol. The number of halogens is 1. The number of hydrogen-bond acceptors (Lipinski definition) is 5. The summed E-state index contributed by atoms with van der Waals surface area (Å²) in [5, 5.41) is 11.3.